The predicted octanol–water partition coefficient (Wildman–Crippen LogP) is 1.06. The molecule has 1 aromatic carbocycles. The minimum absolute atomic E-state index is 0.0974. The van der Waals surface area contributed by atoms with Crippen molar-refractivity contribution in [2.24, 2.45) is 11.7 Å². The summed E-state index contributed by atoms with van der Waals surface area (Å²) in [6.07, 6.45) is 0.0534. The first kappa shape index (κ1) is 24.2. The number of nitrogens with one attached hydrogen (secondary N) is 2. The molecule has 2 aliphatic heterocycles. The summed E-state index contributed by atoms with van der Waals surface area (Å²) >= 11 is 0. The van der Waals surface area contributed by atoms with Crippen LogP contribution in [-0.4, -0.2) is 68.2 Å². The molecule has 1 fully saturated rings. The number of carboxylic acids is 1. The molecule has 186 valence electrons. The largest absolute Gasteiger partial charge is 0.480 e. The lowest BCUT2D eigenvalue weighted by molar-refractivity contribution is -0.145. The molecule has 0 saturated carbocycles. The number of amides is 5. The molecule has 2 aliphatic rings. The zero-order valence-corrected chi connectivity index (χ0v) is 19.8. The maximum atomic E-state index is 13.9. The molecule has 0 aliphatic carbocycles. The molecule has 35 heavy (non-hydrogen) atoms. The third-order valence-corrected chi connectivity index (χ3v) is 6.83. The van der Waals surface area contributed by atoms with Gasteiger partial charge >= 0.3 is 12.0 Å². The van der Waals surface area contributed by atoms with Gasteiger partial charge in [-0.15, -0.1) is 0 Å². The first-order chi connectivity index (χ1) is 16.5. The Bertz CT molecular complexity index is 1240. The molecule has 1 aromatic heterocycles. The van der Waals surface area contributed by atoms with E-state index in [1.54, 1.807) is 6.92 Å². The number of carbonyl (C=O) groups excluding carboxylic acids is 4. The van der Waals surface area contributed by atoms with E-state index >= 15 is 0 Å². The van der Waals surface area contributed by atoms with Crippen molar-refractivity contribution in [1.82, 2.24) is 20.1 Å². The first-order valence-electron chi connectivity index (χ1n) is 11.5. The Kier molecular flexibility index (Phi) is 6.04. The number of aromatic nitrogens is 1. The molecule has 0 bridgehead atoms. The minimum Gasteiger partial charge on any atom is -0.480 e. The second kappa shape index (κ2) is 8.71. The van der Waals surface area contributed by atoms with Gasteiger partial charge in [0.1, 0.15) is 12.1 Å². The second-order valence-electron chi connectivity index (χ2n) is 9.67. The molecule has 1 saturated heterocycles. The number of urea groups is 1. The summed E-state index contributed by atoms with van der Waals surface area (Å²) in [5, 5.41) is 12.7. The van der Waals surface area contributed by atoms with E-state index < -0.39 is 53.8 Å². The molecular formula is C24H29N5O6. The number of aromatic amines is 1. The number of imide groups is 1. The van der Waals surface area contributed by atoms with Gasteiger partial charge in [-0.05, 0) is 37.3 Å². The smallest absolute Gasteiger partial charge is 0.328 e. The zero-order chi connectivity index (χ0) is 25.7. The fourth-order valence-corrected chi connectivity index (χ4v) is 5.14. The van der Waals surface area contributed by atoms with Crippen molar-refractivity contribution < 1.29 is 29.1 Å². The number of nitrogens with zero attached hydrogens (tertiary/aromatic N) is 2. The van der Waals surface area contributed by atoms with E-state index in [1.807, 2.05) is 38.1 Å². The van der Waals surface area contributed by atoms with Crippen LogP contribution >= 0.6 is 0 Å². The number of carbonyl (C=O) groups is 5. The van der Waals surface area contributed by atoms with E-state index in [-0.39, 0.29) is 12.3 Å². The van der Waals surface area contributed by atoms with E-state index in [1.165, 1.54) is 4.90 Å². The van der Waals surface area contributed by atoms with Crippen molar-refractivity contribution in [1.29, 1.82) is 0 Å². The van der Waals surface area contributed by atoms with Crippen LogP contribution in [0.3, 0.4) is 0 Å². The van der Waals surface area contributed by atoms with Gasteiger partial charge in [-0.1, -0.05) is 32.0 Å². The molecule has 0 spiro atoms. The van der Waals surface area contributed by atoms with Crippen molar-refractivity contribution in [2.75, 3.05) is 6.54 Å². The molecule has 2 aromatic rings. The number of benzene rings is 1. The maximum Gasteiger partial charge on any atom is 0.328 e. The molecule has 11 heteroatoms. The first-order valence-corrected chi connectivity index (χ1v) is 11.5. The Morgan fingerprint density at radius 2 is 1.91 bits per heavy atom. The molecule has 3 atom stereocenters. The lowest BCUT2D eigenvalue weighted by atomic mass is 9.86. The summed E-state index contributed by atoms with van der Waals surface area (Å²) in [6, 6.07) is 4.23. The Morgan fingerprint density at radius 1 is 1.23 bits per heavy atom. The van der Waals surface area contributed by atoms with Crippen molar-refractivity contribution in [3.05, 3.63) is 35.5 Å². The number of primary amides is 1. The summed E-state index contributed by atoms with van der Waals surface area (Å²) in [5.74, 6) is -3.82. The molecule has 4 rings (SSSR count). The third kappa shape index (κ3) is 3.90. The Hall–Kier alpha value is -3.89. The number of para-hydroxylation sites is 1. The highest BCUT2D eigenvalue weighted by Crippen LogP contribution is 2.44. The molecule has 5 amide bonds. The fourth-order valence-electron chi connectivity index (χ4n) is 5.14. The fraction of sp³-hybridized carbons (Fsp3) is 0.458. The summed E-state index contributed by atoms with van der Waals surface area (Å²) in [6.45, 7) is 5.61. The summed E-state index contributed by atoms with van der Waals surface area (Å²) in [7, 11) is 0. The molecule has 0 unspecified atom stereocenters. The van der Waals surface area contributed by atoms with Crippen molar-refractivity contribution in [3.8, 4) is 0 Å². The van der Waals surface area contributed by atoms with Crippen LogP contribution in [0.25, 0.3) is 10.9 Å². The van der Waals surface area contributed by atoms with Crippen molar-refractivity contribution >= 4 is 40.6 Å². The number of hydrogen-bond donors (Lipinski definition) is 4. The van der Waals surface area contributed by atoms with Gasteiger partial charge in [0.05, 0.1) is 12.1 Å². The Morgan fingerprint density at radius 3 is 2.54 bits per heavy atom. The van der Waals surface area contributed by atoms with Crippen LogP contribution in [-0.2, 0) is 31.1 Å². The van der Waals surface area contributed by atoms with E-state index in [0.717, 1.165) is 21.4 Å². The van der Waals surface area contributed by atoms with Crippen LogP contribution in [0.2, 0.25) is 0 Å². The van der Waals surface area contributed by atoms with Gasteiger partial charge in [-0.25, -0.2) is 14.5 Å². The summed E-state index contributed by atoms with van der Waals surface area (Å²) in [4.78, 5) is 69.3. The standard InChI is InChI=1S/C24H29N5O6/c1-12(2)10-17(20(31)27-16(21(32)33)11-18(25)30)29-22(34)24(3)19-14(8-9-28(24)23(29)35)13-6-4-5-7-15(13)26-19/h4-7,12,16-17,26H,8-11H2,1-3H3,(H2,25,30)(H,27,31)(H,32,33)/t16-,17+,24+/m1/s1. The van der Waals surface area contributed by atoms with Gasteiger partial charge in [0, 0.05) is 17.4 Å². The van der Waals surface area contributed by atoms with Gasteiger partial charge in [0.2, 0.25) is 11.8 Å². The van der Waals surface area contributed by atoms with E-state index in [0.29, 0.717) is 18.7 Å². The van der Waals surface area contributed by atoms with Crippen molar-refractivity contribution in [2.45, 2.75) is 57.7 Å². The molecule has 11 nitrogen and oxygen atoms in total. The third-order valence-electron chi connectivity index (χ3n) is 6.83. The number of rotatable bonds is 8. The van der Waals surface area contributed by atoms with Gasteiger partial charge in [0.15, 0.2) is 5.54 Å². The molecular weight excluding hydrogens is 454 g/mol. The van der Waals surface area contributed by atoms with Crippen LogP contribution in [0.15, 0.2) is 24.3 Å². The maximum absolute atomic E-state index is 13.9. The normalized spacial score (nSPS) is 21.1. The predicted molar refractivity (Wildman–Crippen MR) is 125 cm³/mol. The van der Waals surface area contributed by atoms with Crippen LogP contribution in [0, 0.1) is 5.92 Å². The highest BCUT2D eigenvalue weighted by Gasteiger charge is 2.60. The quantitative estimate of drug-likeness (QED) is 0.410. The minimum atomic E-state index is -1.57. The Balaban J connectivity index is 1.72. The number of fused-ring (bicyclic) bond motifs is 5. The molecule has 0 radical (unpaired) electrons. The van der Waals surface area contributed by atoms with Crippen LogP contribution in [0.4, 0.5) is 4.79 Å². The highest BCUT2D eigenvalue weighted by molar-refractivity contribution is 6.11. The Labute approximate surface area is 201 Å². The van der Waals surface area contributed by atoms with Crippen molar-refractivity contribution in [3.63, 3.8) is 0 Å². The van der Waals surface area contributed by atoms with E-state index in [9.17, 15) is 29.1 Å². The summed E-state index contributed by atoms with van der Waals surface area (Å²) in [5.41, 5.74) is 6.22. The van der Waals surface area contributed by atoms with E-state index in [2.05, 4.69) is 10.3 Å². The lowest BCUT2D eigenvalue weighted by Crippen LogP contribution is -2.55. The molecule has 5 N–H and O–H groups in total. The monoisotopic (exact) mass is 483 g/mol. The van der Waals surface area contributed by atoms with Crippen LogP contribution in [0.5, 0.6) is 0 Å². The number of H-pyrrole nitrogens is 1. The SMILES string of the molecule is CC(C)C[C@@H](C(=O)N[C@H](CC(N)=O)C(=O)O)N1C(=O)N2CCc3c([nH]c4ccccc34)[C@@]2(C)C1=O. The van der Waals surface area contributed by atoms with Gasteiger partial charge in [0.25, 0.3) is 5.91 Å². The van der Waals surface area contributed by atoms with Gasteiger partial charge in [-0.2, -0.15) is 0 Å². The number of hydrogen-bond acceptors (Lipinski definition) is 5. The van der Waals surface area contributed by atoms with Crippen LogP contribution < -0.4 is 11.1 Å². The lowest BCUT2D eigenvalue weighted by Gasteiger charge is -2.36. The summed E-state index contributed by atoms with van der Waals surface area (Å²) < 4.78 is 0. The van der Waals surface area contributed by atoms with Gasteiger partial charge < -0.3 is 26.0 Å². The van der Waals surface area contributed by atoms with E-state index in [4.69, 9.17) is 5.73 Å². The van der Waals surface area contributed by atoms with Crippen LogP contribution in [0.1, 0.15) is 44.9 Å². The average molecular weight is 484 g/mol. The van der Waals surface area contributed by atoms with Gasteiger partial charge in [-0.3, -0.25) is 14.4 Å². The zero-order valence-electron chi connectivity index (χ0n) is 19.8. The second-order valence-corrected chi connectivity index (χ2v) is 9.67. The topological polar surface area (TPSA) is 166 Å². The molecule has 3 heterocycles. The number of aliphatic carboxylic acids is 1. The number of nitrogens with two attached hydrogens (primary N) is 1. The number of carboxylic acid groups (broad SMARTS) is 1. The highest BCUT2D eigenvalue weighted by atomic mass is 16.4. The average Bonchev–Trinajstić information content (AvgIpc) is 3.25.